The van der Waals surface area contributed by atoms with E-state index in [0.717, 1.165) is 37.8 Å². The molecule has 4 rings (SSSR count). The third kappa shape index (κ3) is 2.44. The van der Waals surface area contributed by atoms with E-state index in [1.807, 2.05) is 0 Å². The number of nitrogens with two attached hydrogens (primary N) is 1. The molecule has 0 spiro atoms. The minimum Gasteiger partial charge on any atom is -0.364 e. The highest BCUT2D eigenvalue weighted by atomic mass is 16.1. The summed E-state index contributed by atoms with van der Waals surface area (Å²) < 4.78 is 3.97. The Kier molecular flexibility index (Phi) is 3.70. The first-order valence-corrected chi connectivity index (χ1v) is 8.57. The van der Waals surface area contributed by atoms with Crippen LogP contribution in [0.1, 0.15) is 60.9 Å². The number of rotatable bonds is 5. The lowest BCUT2D eigenvalue weighted by Crippen LogP contribution is -2.25. The van der Waals surface area contributed by atoms with Crippen molar-refractivity contribution in [1.82, 2.24) is 29.8 Å². The van der Waals surface area contributed by atoms with E-state index in [1.54, 1.807) is 10.9 Å². The first-order chi connectivity index (χ1) is 11.7. The zero-order valence-electron chi connectivity index (χ0n) is 13.8. The fourth-order valence-electron chi connectivity index (χ4n) is 3.52. The molecule has 2 aliphatic rings. The van der Waals surface area contributed by atoms with Crippen molar-refractivity contribution in [2.75, 3.05) is 18.0 Å². The average Bonchev–Trinajstić information content (AvgIpc) is 3.23. The number of carbonyl (C=O) groups excluding carboxylic acids is 1. The van der Waals surface area contributed by atoms with Gasteiger partial charge in [0.15, 0.2) is 5.69 Å². The number of nitrogens with zero attached hydrogens (tertiary/aromatic N) is 7. The van der Waals surface area contributed by atoms with Crippen molar-refractivity contribution in [3.63, 3.8) is 0 Å². The quantitative estimate of drug-likeness (QED) is 0.865. The van der Waals surface area contributed by atoms with Gasteiger partial charge in [-0.05, 0) is 26.2 Å². The molecular weight excluding hydrogens is 308 g/mol. The number of aromatic nitrogens is 6. The molecule has 1 atom stereocenters. The molecule has 9 heteroatoms. The molecule has 128 valence electrons. The van der Waals surface area contributed by atoms with Crippen LogP contribution in [0.5, 0.6) is 0 Å². The summed E-state index contributed by atoms with van der Waals surface area (Å²) in [6.45, 7) is 4.69. The second kappa shape index (κ2) is 5.88. The topological polar surface area (TPSA) is 108 Å². The van der Waals surface area contributed by atoms with Gasteiger partial charge in [0.2, 0.25) is 5.95 Å². The zero-order chi connectivity index (χ0) is 16.7. The Labute approximate surface area is 139 Å². The monoisotopic (exact) mass is 330 g/mol. The van der Waals surface area contributed by atoms with Gasteiger partial charge in [-0.3, -0.25) is 9.36 Å². The summed E-state index contributed by atoms with van der Waals surface area (Å²) in [5.74, 6) is 2.08. The van der Waals surface area contributed by atoms with E-state index in [9.17, 15) is 4.79 Å². The third-order valence-electron chi connectivity index (χ3n) is 5.13. The highest BCUT2D eigenvalue weighted by molar-refractivity contribution is 5.90. The van der Waals surface area contributed by atoms with Crippen molar-refractivity contribution in [3.05, 3.63) is 17.7 Å². The van der Waals surface area contributed by atoms with E-state index in [4.69, 9.17) is 5.73 Å². The van der Waals surface area contributed by atoms with Crippen LogP contribution in [0.25, 0.3) is 0 Å². The zero-order valence-corrected chi connectivity index (χ0v) is 13.8. The summed E-state index contributed by atoms with van der Waals surface area (Å²) >= 11 is 0. The standard InChI is InChI=1S/C15H22N8O/c1-2-22-14(10-4-3-5-10)18-19-15(22)21-7-6-11(8-21)23-9-12(13(16)24)17-20-23/h9-11H,2-8H2,1H3,(H2,16,24). The van der Waals surface area contributed by atoms with Crippen molar-refractivity contribution >= 4 is 11.9 Å². The molecule has 1 aliphatic heterocycles. The predicted molar refractivity (Wildman–Crippen MR) is 86.7 cm³/mol. The summed E-state index contributed by atoms with van der Waals surface area (Å²) in [5, 5.41) is 16.8. The number of amides is 1. The Morgan fingerprint density at radius 3 is 2.75 bits per heavy atom. The van der Waals surface area contributed by atoms with Gasteiger partial charge in [0.1, 0.15) is 5.82 Å². The fourth-order valence-corrected chi connectivity index (χ4v) is 3.52. The summed E-state index contributed by atoms with van der Waals surface area (Å²) in [4.78, 5) is 13.4. The third-order valence-corrected chi connectivity index (χ3v) is 5.13. The molecule has 2 aromatic rings. The van der Waals surface area contributed by atoms with Crippen molar-refractivity contribution in [3.8, 4) is 0 Å². The molecule has 1 unspecified atom stereocenters. The van der Waals surface area contributed by atoms with Gasteiger partial charge in [0.25, 0.3) is 5.91 Å². The smallest absolute Gasteiger partial charge is 0.270 e. The second-order valence-corrected chi connectivity index (χ2v) is 6.57. The molecule has 9 nitrogen and oxygen atoms in total. The van der Waals surface area contributed by atoms with Crippen molar-refractivity contribution < 1.29 is 4.79 Å². The van der Waals surface area contributed by atoms with E-state index in [-0.39, 0.29) is 11.7 Å². The molecule has 2 fully saturated rings. The van der Waals surface area contributed by atoms with E-state index in [2.05, 4.69) is 36.9 Å². The van der Waals surface area contributed by atoms with Crippen LogP contribution in [-0.2, 0) is 6.54 Å². The molecule has 3 heterocycles. The number of primary amides is 1. The number of hydrogen-bond acceptors (Lipinski definition) is 6. The highest BCUT2D eigenvalue weighted by Crippen LogP contribution is 2.37. The Morgan fingerprint density at radius 1 is 1.29 bits per heavy atom. The maximum absolute atomic E-state index is 11.2. The van der Waals surface area contributed by atoms with Gasteiger partial charge in [-0.2, -0.15) is 0 Å². The van der Waals surface area contributed by atoms with E-state index in [0.29, 0.717) is 5.92 Å². The average molecular weight is 330 g/mol. The molecule has 1 aliphatic carbocycles. The maximum Gasteiger partial charge on any atom is 0.270 e. The van der Waals surface area contributed by atoms with Crippen molar-refractivity contribution in [2.45, 2.75) is 51.1 Å². The Morgan fingerprint density at radius 2 is 2.12 bits per heavy atom. The Bertz CT molecular complexity index is 746. The van der Waals surface area contributed by atoms with Crippen molar-refractivity contribution in [2.24, 2.45) is 5.73 Å². The number of hydrogen-bond donors (Lipinski definition) is 1. The van der Waals surface area contributed by atoms with E-state index >= 15 is 0 Å². The minimum absolute atomic E-state index is 0.166. The molecule has 1 saturated heterocycles. The highest BCUT2D eigenvalue weighted by Gasteiger charge is 2.31. The van der Waals surface area contributed by atoms with Gasteiger partial charge in [-0.1, -0.05) is 11.6 Å². The molecule has 0 bridgehead atoms. The van der Waals surface area contributed by atoms with Crippen LogP contribution in [0, 0.1) is 0 Å². The SMILES string of the molecule is CCn1c(C2CCC2)nnc1N1CCC(n2cc(C(N)=O)nn2)C1. The lowest BCUT2D eigenvalue weighted by atomic mass is 9.85. The van der Waals surface area contributed by atoms with Crippen molar-refractivity contribution in [1.29, 1.82) is 0 Å². The van der Waals surface area contributed by atoms with Crippen LogP contribution in [0.15, 0.2) is 6.20 Å². The first kappa shape index (κ1) is 15.1. The van der Waals surface area contributed by atoms with E-state index in [1.165, 1.54) is 19.3 Å². The van der Waals surface area contributed by atoms with Crippen LogP contribution >= 0.6 is 0 Å². The molecule has 1 amide bonds. The predicted octanol–water partition coefficient (Wildman–Crippen LogP) is 0.707. The van der Waals surface area contributed by atoms with E-state index < -0.39 is 5.91 Å². The number of carbonyl (C=O) groups is 1. The summed E-state index contributed by atoms with van der Waals surface area (Å²) in [6.07, 6.45) is 6.28. The summed E-state index contributed by atoms with van der Waals surface area (Å²) in [6, 6.07) is 0.166. The van der Waals surface area contributed by atoms with Crippen LogP contribution in [0.2, 0.25) is 0 Å². The molecule has 2 aromatic heterocycles. The van der Waals surface area contributed by atoms with Gasteiger partial charge in [0, 0.05) is 25.6 Å². The largest absolute Gasteiger partial charge is 0.364 e. The fraction of sp³-hybridized carbons (Fsp3) is 0.667. The Hall–Kier alpha value is -2.45. The molecule has 0 aromatic carbocycles. The minimum atomic E-state index is -0.549. The first-order valence-electron chi connectivity index (χ1n) is 8.57. The van der Waals surface area contributed by atoms with Gasteiger partial charge in [0.05, 0.1) is 12.2 Å². The Balaban J connectivity index is 1.52. The van der Waals surface area contributed by atoms with Crippen LogP contribution in [-0.4, -0.2) is 48.8 Å². The van der Waals surface area contributed by atoms with Gasteiger partial charge in [-0.15, -0.1) is 15.3 Å². The molecule has 2 N–H and O–H groups in total. The lowest BCUT2D eigenvalue weighted by molar-refractivity contribution is 0.0995. The number of anilines is 1. The van der Waals surface area contributed by atoms with Crippen LogP contribution in [0.3, 0.4) is 0 Å². The van der Waals surface area contributed by atoms with Gasteiger partial charge in [-0.25, -0.2) is 4.68 Å². The lowest BCUT2D eigenvalue weighted by Gasteiger charge is -2.26. The van der Waals surface area contributed by atoms with Gasteiger partial charge >= 0.3 is 0 Å². The van der Waals surface area contributed by atoms with Crippen LogP contribution in [0.4, 0.5) is 5.95 Å². The molecular formula is C15H22N8O. The second-order valence-electron chi connectivity index (χ2n) is 6.57. The maximum atomic E-state index is 11.2. The molecule has 0 radical (unpaired) electrons. The normalized spacial score (nSPS) is 21.2. The summed E-state index contributed by atoms with van der Waals surface area (Å²) in [5.41, 5.74) is 5.45. The molecule has 1 saturated carbocycles. The van der Waals surface area contributed by atoms with Crippen LogP contribution < -0.4 is 10.6 Å². The molecule has 24 heavy (non-hydrogen) atoms. The van der Waals surface area contributed by atoms with Gasteiger partial charge < -0.3 is 10.6 Å². The summed E-state index contributed by atoms with van der Waals surface area (Å²) in [7, 11) is 0.